The van der Waals surface area contributed by atoms with E-state index < -0.39 is 11.6 Å². The number of halogens is 3. The minimum Gasteiger partial charge on any atom is -0.490 e. The van der Waals surface area contributed by atoms with Gasteiger partial charge in [0.1, 0.15) is 0 Å². The topological polar surface area (TPSA) is 9.23 Å². The van der Waals surface area contributed by atoms with Gasteiger partial charge in [0.25, 0.3) is 0 Å². The molecule has 0 unspecified atom stereocenters. The third kappa shape index (κ3) is 2.66. The predicted molar refractivity (Wildman–Crippen MR) is 49.8 cm³/mol. The number of ether oxygens (including phenoxy) is 1. The molecule has 0 atom stereocenters. The highest BCUT2D eigenvalue weighted by molar-refractivity contribution is 9.10. The van der Waals surface area contributed by atoms with Crippen LogP contribution >= 0.6 is 15.9 Å². The van der Waals surface area contributed by atoms with E-state index in [1.54, 1.807) is 0 Å². The van der Waals surface area contributed by atoms with Crippen molar-refractivity contribution in [1.82, 2.24) is 0 Å². The summed E-state index contributed by atoms with van der Waals surface area (Å²) in [6.07, 6.45) is 0.758. The highest BCUT2D eigenvalue weighted by Crippen LogP contribution is 2.25. The lowest BCUT2D eigenvalue weighted by Gasteiger charge is -2.06. The maximum absolute atomic E-state index is 13.0. The van der Waals surface area contributed by atoms with Crippen LogP contribution < -0.4 is 4.74 Å². The van der Waals surface area contributed by atoms with Crippen LogP contribution in [0.5, 0.6) is 5.75 Å². The highest BCUT2D eigenvalue weighted by Gasteiger charge is 2.10. The number of hydrogen-bond donors (Lipinski definition) is 0. The fraction of sp³-hybridized carbons (Fsp3) is 0.333. The first-order chi connectivity index (χ1) is 6.15. The molecule has 0 N–H and O–H groups in total. The molecule has 0 heterocycles. The first kappa shape index (κ1) is 10.4. The zero-order valence-corrected chi connectivity index (χ0v) is 8.70. The summed E-state index contributed by atoms with van der Waals surface area (Å²) in [5.41, 5.74) is 0. The van der Waals surface area contributed by atoms with E-state index in [0.717, 1.165) is 12.5 Å². The minimum atomic E-state index is -0.934. The van der Waals surface area contributed by atoms with E-state index in [2.05, 4.69) is 15.9 Å². The van der Waals surface area contributed by atoms with Crippen molar-refractivity contribution in [1.29, 1.82) is 0 Å². The summed E-state index contributed by atoms with van der Waals surface area (Å²) in [4.78, 5) is 0. The maximum Gasteiger partial charge on any atom is 0.200 e. The minimum absolute atomic E-state index is 0.0475. The van der Waals surface area contributed by atoms with E-state index in [1.807, 2.05) is 6.92 Å². The highest BCUT2D eigenvalue weighted by atomic mass is 79.9. The second-order valence-corrected chi connectivity index (χ2v) is 3.46. The molecular formula is C9H9BrF2O. The Bertz CT molecular complexity index is 302. The van der Waals surface area contributed by atoms with Gasteiger partial charge in [-0.25, -0.2) is 4.39 Å². The van der Waals surface area contributed by atoms with Crippen LogP contribution in [0, 0.1) is 11.6 Å². The maximum atomic E-state index is 13.0. The molecule has 1 nitrogen and oxygen atoms in total. The summed E-state index contributed by atoms with van der Waals surface area (Å²) >= 11 is 3.05. The van der Waals surface area contributed by atoms with Crippen LogP contribution in [0.1, 0.15) is 13.3 Å². The average Bonchev–Trinajstić information content (AvgIpc) is 2.09. The van der Waals surface area contributed by atoms with Gasteiger partial charge in [-0.05, 0) is 18.6 Å². The molecule has 1 aromatic rings. The van der Waals surface area contributed by atoms with Crippen LogP contribution in [-0.4, -0.2) is 6.61 Å². The van der Waals surface area contributed by atoms with Crippen LogP contribution in [0.4, 0.5) is 8.78 Å². The van der Waals surface area contributed by atoms with Crippen molar-refractivity contribution in [2.45, 2.75) is 13.3 Å². The van der Waals surface area contributed by atoms with E-state index in [-0.39, 0.29) is 5.75 Å². The summed E-state index contributed by atoms with van der Waals surface area (Å²) < 4.78 is 31.2. The Balaban J connectivity index is 2.92. The third-order valence-electron chi connectivity index (χ3n) is 1.42. The van der Waals surface area contributed by atoms with E-state index in [9.17, 15) is 8.78 Å². The molecule has 0 saturated carbocycles. The Morgan fingerprint density at radius 1 is 1.38 bits per heavy atom. The second-order valence-electron chi connectivity index (χ2n) is 2.55. The van der Waals surface area contributed by atoms with Crippen molar-refractivity contribution in [3.05, 3.63) is 28.2 Å². The quantitative estimate of drug-likeness (QED) is 0.747. The monoisotopic (exact) mass is 250 g/mol. The Morgan fingerprint density at radius 2 is 2.08 bits per heavy atom. The van der Waals surface area contributed by atoms with E-state index in [4.69, 9.17) is 4.74 Å². The van der Waals surface area contributed by atoms with Crippen molar-refractivity contribution >= 4 is 15.9 Å². The molecule has 0 aromatic heterocycles. The van der Waals surface area contributed by atoms with Gasteiger partial charge in [-0.15, -0.1) is 0 Å². The largest absolute Gasteiger partial charge is 0.490 e. The van der Waals surface area contributed by atoms with Gasteiger partial charge >= 0.3 is 0 Å². The Hall–Kier alpha value is -0.640. The molecule has 0 spiro atoms. The van der Waals surface area contributed by atoms with Crippen LogP contribution in [0.3, 0.4) is 0 Å². The van der Waals surface area contributed by atoms with E-state index in [0.29, 0.717) is 11.1 Å². The zero-order valence-electron chi connectivity index (χ0n) is 7.11. The first-order valence-electron chi connectivity index (χ1n) is 3.92. The van der Waals surface area contributed by atoms with Crippen LogP contribution in [0.15, 0.2) is 16.6 Å². The fourth-order valence-electron chi connectivity index (χ4n) is 0.849. The van der Waals surface area contributed by atoms with Gasteiger partial charge in [-0.3, -0.25) is 0 Å². The molecule has 1 aromatic carbocycles. The summed E-state index contributed by atoms with van der Waals surface area (Å²) in [5.74, 6) is -1.88. The Labute approximate surface area is 83.8 Å². The number of benzene rings is 1. The Kier molecular flexibility index (Phi) is 3.66. The van der Waals surface area contributed by atoms with Crippen LogP contribution in [0.25, 0.3) is 0 Å². The van der Waals surface area contributed by atoms with Crippen LogP contribution in [0.2, 0.25) is 0 Å². The van der Waals surface area contributed by atoms with Gasteiger partial charge in [0.15, 0.2) is 11.6 Å². The lowest BCUT2D eigenvalue weighted by atomic mass is 10.3. The molecule has 13 heavy (non-hydrogen) atoms. The normalized spacial score (nSPS) is 10.2. The second kappa shape index (κ2) is 4.56. The zero-order chi connectivity index (χ0) is 9.84. The molecule has 0 amide bonds. The summed E-state index contributed by atoms with van der Waals surface area (Å²) in [5, 5.41) is 0. The smallest absolute Gasteiger partial charge is 0.200 e. The van der Waals surface area contributed by atoms with Crippen molar-refractivity contribution < 1.29 is 13.5 Å². The predicted octanol–water partition coefficient (Wildman–Crippen LogP) is 3.52. The van der Waals surface area contributed by atoms with Crippen molar-refractivity contribution in [2.24, 2.45) is 0 Å². The molecule has 0 fully saturated rings. The third-order valence-corrected chi connectivity index (χ3v) is 1.88. The Morgan fingerprint density at radius 3 is 2.69 bits per heavy atom. The molecule has 0 bridgehead atoms. The lowest BCUT2D eigenvalue weighted by Crippen LogP contribution is -1.99. The van der Waals surface area contributed by atoms with E-state index >= 15 is 0 Å². The molecule has 0 radical (unpaired) electrons. The molecule has 72 valence electrons. The molecule has 0 aliphatic rings. The van der Waals surface area contributed by atoms with Gasteiger partial charge in [-0.1, -0.05) is 22.9 Å². The van der Waals surface area contributed by atoms with Gasteiger partial charge in [0.05, 0.1) is 6.61 Å². The number of rotatable bonds is 3. The van der Waals surface area contributed by atoms with Gasteiger partial charge in [-0.2, -0.15) is 4.39 Å². The molecule has 0 aliphatic carbocycles. The average molecular weight is 251 g/mol. The van der Waals surface area contributed by atoms with E-state index in [1.165, 1.54) is 6.07 Å². The molecule has 4 heteroatoms. The van der Waals surface area contributed by atoms with Crippen LogP contribution in [-0.2, 0) is 0 Å². The van der Waals surface area contributed by atoms with Gasteiger partial charge < -0.3 is 4.74 Å². The summed E-state index contributed by atoms with van der Waals surface area (Å²) in [7, 11) is 0. The summed E-state index contributed by atoms with van der Waals surface area (Å²) in [6, 6.07) is 2.47. The van der Waals surface area contributed by atoms with Crippen molar-refractivity contribution in [3.63, 3.8) is 0 Å². The number of hydrogen-bond acceptors (Lipinski definition) is 1. The SMILES string of the molecule is CCCOc1cc(Br)cc(F)c1F. The first-order valence-corrected chi connectivity index (χ1v) is 4.71. The standard InChI is InChI=1S/C9H9BrF2O/c1-2-3-13-8-5-6(10)4-7(11)9(8)12/h4-5H,2-3H2,1H3. The molecular weight excluding hydrogens is 242 g/mol. The fourth-order valence-corrected chi connectivity index (χ4v) is 1.26. The molecule has 1 rings (SSSR count). The van der Waals surface area contributed by atoms with Crippen molar-refractivity contribution in [3.8, 4) is 5.75 Å². The van der Waals surface area contributed by atoms with Gasteiger partial charge in [0.2, 0.25) is 5.82 Å². The molecule has 0 aliphatic heterocycles. The summed E-state index contributed by atoms with van der Waals surface area (Å²) in [6.45, 7) is 2.28. The lowest BCUT2D eigenvalue weighted by molar-refractivity contribution is 0.295. The molecule has 0 saturated heterocycles. The van der Waals surface area contributed by atoms with Gasteiger partial charge in [0, 0.05) is 4.47 Å². The van der Waals surface area contributed by atoms with Crippen molar-refractivity contribution in [2.75, 3.05) is 6.61 Å².